The molecule has 1 N–H and O–H groups in total. The van der Waals surface area contributed by atoms with Crippen molar-refractivity contribution in [2.75, 3.05) is 18.8 Å². The highest BCUT2D eigenvalue weighted by Crippen LogP contribution is 2.23. The van der Waals surface area contributed by atoms with Gasteiger partial charge in [0, 0.05) is 23.9 Å². The minimum absolute atomic E-state index is 0.148. The first kappa shape index (κ1) is 14.4. The van der Waals surface area contributed by atoms with Crippen LogP contribution in [0.3, 0.4) is 0 Å². The van der Waals surface area contributed by atoms with Gasteiger partial charge in [0.05, 0.1) is 17.4 Å². The molecule has 0 unspecified atom stereocenters. The number of benzene rings is 1. The first-order valence-corrected chi connectivity index (χ1v) is 8.67. The average Bonchev–Trinajstić information content (AvgIpc) is 2.84. The zero-order chi connectivity index (χ0) is 14.7. The molecule has 1 aliphatic rings. The van der Waals surface area contributed by atoms with Gasteiger partial charge in [-0.05, 0) is 36.8 Å². The molecule has 2 aromatic rings. The Bertz CT molecular complexity index is 625. The van der Waals surface area contributed by atoms with E-state index in [-0.39, 0.29) is 5.91 Å². The predicted octanol–water partition coefficient (Wildman–Crippen LogP) is 3.31. The van der Waals surface area contributed by atoms with Crippen LogP contribution in [-0.4, -0.2) is 44.9 Å². The van der Waals surface area contributed by atoms with Crippen LogP contribution in [0.1, 0.15) is 36.5 Å². The molecule has 5 heteroatoms. The fourth-order valence-corrected chi connectivity index (χ4v) is 4.00. The fourth-order valence-electron chi connectivity index (χ4n) is 2.91. The monoisotopic (exact) mass is 303 g/mol. The summed E-state index contributed by atoms with van der Waals surface area (Å²) in [7, 11) is 0. The number of aromatic nitrogens is 2. The van der Waals surface area contributed by atoms with Gasteiger partial charge in [-0.25, -0.2) is 4.98 Å². The van der Waals surface area contributed by atoms with Gasteiger partial charge in [-0.15, -0.1) is 0 Å². The third kappa shape index (κ3) is 3.23. The molecular weight excluding hydrogens is 282 g/mol. The van der Waals surface area contributed by atoms with Crippen molar-refractivity contribution in [1.29, 1.82) is 0 Å². The minimum Gasteiger partial charge on any atom is -0.345 e. The number of rotatable bonds is 3. The summed E-state index contributed by atoms with van der Waals surface area (Å²) in [5.41, 5.74) is 2.59. The number of H-pyrrole nitrogens is 1. The van der Waals surface area contributed by atoms with E-state index in [2.05, 4.69) is 16.9 Å². The zero-order valence-electron chi connectivity index (χ0n) is 12.3. The maximum Gasteiger partial charge on any atom is 0.253 e. The number of hydrogen-bond donors (Lipinski definition) is 1. The lowest BCUT2D eigenvalue weighted by Crippen LogP contribution is -2.35. The van der Waals surface area contributed by atoms with E-state index in [0.29, 0.717) is 5.25 Å². The quantitative estimate of drug-likeness (QED) is 0.946. The number of nitrogens with zero attached hydrogens (tertiary/aromatic N) is 2. The smallest absolute Gasteiger partial charge is 0.253 e. The number of hydrogen-bond acceptors (Lipinski definition) is 3. The topological polar surface area (TPSA) is 49.0 Å². The van der Waals surface area contributed by atoms with Gasteiger partial charge in [-0.2, -0.15) is 11.8 Å². The normalized spacial score (nSPS) is 19.7. The van der Waals surface area contributed by atoms with Gasteiger partial charge in [0.1, 0.15) is 0 Å². The molecule has 1 fully saturated rings. The standard InChI is InChI=1S/C16H21N3OS/c1-2-21-13-5-3-4-8-19(10-13)16(20)12-6-7-14-15(9-12)18-11-17-14/h6-7,9,11,13H,2-5,8,10H2,1H3,(H,17,18)/t13-/m0/s1. The van der Waals surface area contributed by atoms with Crippen LogP contribution in [-0.2, 0) is 0 Å². The molecule has 0 spiro atoms. The highest BCUT2D eigenvalue weighted by atomic mass is 32.2. The lowest BCUT2D eigenvalue weighted by atomic mass is 10.1. The Morgan fingerprint density at radius 1 is 1.48 bits per heavy atom. The van der Waals surface area contributed by atoms with Crippen LogP contribution in [0.2, 0.25) is 0 Å². The number of thioether (sulfide) groups is 1. The number of amides is 1. The summed E-state index contributed by atoms with van der Waals surface area (Å²) in [4.78, 5) is 22.0. The van der Waals surface area contributed by atoms with E-state index in [1.807, 2.05) is 34.9 Å². The molecule has 0 bridgehead atoms. The summed E-state index contributed by atoms with van der Waals surface area (Å²) in [6.07, 6.45) is 5.22. The van der Waals surface area contributed by atoms with E-state index in [1.165, 1.54) is 12.8 Å². The van der Waals surface area contributed by atoms with Gasteiger partial charge < -0.3 is 9.88 Å². The van der Waals surface area contributed by atoms with Crippen LogP contribution < -0.4 is 0 Å². The van der Waals surface area contributed by atoms with E-state index >= 15 is 0 Å². The van der Waals surface area contributed by atoms with E-state index in [0.717, 1.165) is 41.9 Å². The molecule has 4 nitrogen and oxygen atoms in total. The Labute approximate surface area is 129 Å². The highest BCUT2D eigenvalue weighted by Gasteiger charge is 2.23. The van der Waals surface area contributed by atoms with Crippen LogP contribution in [0.25, 0.3) is 11.0 Å². The maximum atomic E-state index is 12.8. The Hall–Kier alpha value is -1.49. The third-order valence-corrected chi connectivity index (χ3v) is 5.17. The molecule has 1 aromatic carbocycles. The van der Waals surface area contributed by atoms with Gasteiger partial charge in [0.2, 0.25) is 0 Å². The zero-order valence-corrected chi connectivity index (χ0v) is 13.2. The van der Waals surface area contributed by atoms with Crippen molar-refractivity contribution in [3.05, 3.63) is 30.1 Å². The van der Waals surface area contributed by atoms with Gasteiger partial charge in [0.15, 0.2) is 0 Å². The minimum atomic E-state index is 0.148. The van der Waals surface area contributed by atoms with Crippen molar-refractivity contribution in [2.45, 2.75) is 31.4 Å². The second kappa shape index (κ2) is 6.52. The van der Waals surface area contributed by atoms with Crippen LogP contribution in [0.4, 0.5) is 0 Å². The molecule has 1 aliphatic heterocycles. The van der Waals surface area contributed by atoms with Crippen molar-refractivity contribution >= 4 is 28.7 Å². The molecule has 1 aromatic heterocycles. The van der Waals surface area contributed by atoms with Crippen molar-refractivity contribution in [3.63, 3.8) is 0 Å². The highest BCUT2D eigenvalue weighted by molar-refractivity contribution is 7.99. The Balaban J connectivity index is 1.78. The van der Waals surface area contributed by atoms with Crippen LogP contribution in [0.15, 0.2) is 24.5 Å². The summed E-state index contributed by atoms with van der Waals surface area (Å²) < 4.78 is 0. The summed E-state index contributed by atoms with van der Waals surface area (Å²) >= 11 is 1.98. The molecule has 1 atom stereocenters. The van der Waals surface area contributed by atoms with E-state index < -0.39 is 0 Å². The van der Waals surface area contributed by atoms with Gasteiger partial charge >= 0.3 is 0 Å². The molecule has 0 saturated carbocycles. The van der Waals surface area contributed by atoms with Crippen molar-refractivity contribution < 1.29 is 4.79 Å². The predicted molar refractivity (Wildman–Crippen MR) is 87.8 cm³/mol. The third-order valence-electron chi connectivity index (χ3n) is 3.98. The molecule has 1 saturated heterocycles. The molecular formula is C16H21N3OS. The summed E-state index contributed by atoms with van der Waals surface area (Å²) in [6.45, 7) is 3.94. The molecule has 21 heavy (non-hydrogen) atoms. The average molecular weight is 303 g/mol. The first-order valence-electron chi connectivity index (χ1n) is 7.62. The lowest BCUT2D eigenvalue weighted by Gasteiger charge is -2.24. The van der Waals surface area contributed by atoms with Crippen molar-refractivity contribution in [3.8, 4) is 0 Å². The van der Waals surface area contributed by atoms with E-state index in [1.54, 1.807) is 6.33 Å². The number of nitrogens with one attached hydrogen (secondary N) is 1. The Kier molecular flexibility index (Phi) is 4.48. The van der Waals surface area contributed by atoms with Gasteiger partial charge in [-0.3, -0.25) is 4.79 Å². The number of carbonyl (C=O) groups is 1. The molecule has 112 valence electrons. The number of fused-ring (bicyclic) bond motifs is 1. The summed E-state index contributed by atoms with van der Waals surface area (Å²) in [6, 6.07) is 5.71. The molecule has 0 aliphatic carbocycles. The number of likely N-dealkylation sites (tertiary alicyclic amines) is 1. The SMILES string of the molecule is CCS[C@H]1CCCCN(C(=O)c2ccc3nc[nH]c3c2)C1. The largest absolute Gasteiger partial charge is 0.345 e. The maximum absolute atomic E-state index is 12.8. The molecule has 0 radical (unpaired) electrons. The number of aromatic amines is 1. The van der Waals surface area contributed by atoms with Crippen molar-refractivity contribution in [2.24, 2.45) is 0 Å². The Morgan fingerprint density at radius 3 is 3.24 bits per heavy atom. The number of imidazole rings is 1. The molecule has 3 rings (SSSR count). The Morgan fingerprint density at radius 2 is 2.38 bits per heavy atom. The van der Waals surface area contributed by atoms with E-state index in [4.69, 9.17) is 0 Å². The van der Waals surface area contributed by atoms with Crippen LogP contribution in [0, 0.1) is 0 Å². The fraction of sp³-hybridized carbons (Fsp3) is 0.500. The number of carbonyl (C=O) groups excluding carboxylic acids is 1. The second-order valence-electron chi connectivity index (χ2n) is 5.46. The van der Waals surface area contributed by atoms with Crippen LogP contribution >= 0.6 is 11.8 Å². The first-order chi connectivity index (χ1) is 10.3. The summed E-state index contributed by atoms with van der Waals surface area (Å²) in [5.74, 6) is 1.27. The molecule has 2 heterocycles. The van der Waals surface area contributed by atoms with Gasteiger partial charge in [-0.1, -0.05) is 13.3 Å². The van der Waals surface area contributed by atoms with Gasteiger partial charge in [0.25, 0.3) is 5.91 Å². The molecule has 1 amide bonds. The lowest BCUT2D eigenvalue weighted by molar-refractivity contribution is 0.0763. The van der Waals surface area contributed by atoms with Crippen LogP contribution in [0.5, 0.6) is 0 Å². The summed E-state index contributed by atoms with van der Waals surface area (Å²) in [5, 5.41) is 0.581. The second-order valence-corrected chi connectivity index (χ2v) is 7.04. The van der Waals surface area contributed by atoms with Crippen molar-refractivity contribution in [1.82, 2.24) is 14.9 Å². The van der Waals surface area contributed by atoms with E-state index in [9.17, 15) is 4.79 Å².